The lowest BCUT2D eigenvalue weighted by molar-refractivity contribution is -0.140. The zero-order valence-corrected chi connectivity index (χ0v) is 40.0. The average molecular weight is 942 g/mol. The van der Waals surface area contributed by atoms with Crippen molar-refractivity contribution in [2.75, 3.05) is 13.6 Å². The van der Waals surface area contributed by atoms with E-state index in [0.29, 0.717) is 24.6 Å². The summed E-state index contributed by atoms with van der Waals surface area (Å²) in [5, 5.41) is 6.18. The number of nitrogens with zero attached hydrogens (tertiary/aromatic N) is 3. The third-order valence-corrected chi connectivity index (χ3v) is 13.8. The largest absolute Gasteiger partial charge is 0.489 e. The molecule has 7 aromatic carbocycles. The molecule has 1 aromatic heterocycles. The van der Waals surface area contributed by atoms with Crippen LogP contribution < -0.4 is 15.4 Å². The van der Waals surface area contributed by atoms with Crippen LogP contribution in [0.25, 0.3) is 0 Å². The molecule has 0 aliphatic heterocycles. The lowest BCUT2D eigenvalue weighted by Crippen LogP contribution is -2.57. The van der Waals surface area contributed by atoms with E-state index < -0.39 is 29.6 Å². The molecule has 8 aromatic rings. The Morgan fingerprint density at radius 1 is 0.634 bits per heavy atom. The van der Waals surface area contributed by atoms with Gasteiger partial charge in [0.2, 0.25) is 11.8 Å². The fraction of sp³-hybridized carbons (Fsp3) is 0.213. The quantitative estimate of drug-likeness (QED) is 0.0736. The minimum Gasteiger partial charge on any atom is -0.489 e. The normalized spacial score (nSPS) is 13.7. The number of likely N-dealkylation sites (N-methyl/N-ethyl adjacent to an activating group) is 1. The first kappa shape index (κ1) is 47.8. The Bertz CT molecular complexity index is 2850. The first-order valence-electron chi connectivity index (χ1n) is 24.3. The van der Waals surface area contributed by atoms with Crippen molar-refractivity contribution < 1.29 is 23.9 Å². The molecular formula is C61H59N5O5. The monoisotopic (exact) mass is 941 g/mol. The van der Waals surface area contributed by atoms with E-state index >= 15 is 4.79 Å². The summed E-state index contributed by atoms with van der Waals surface area (Å²) in [7, 11) is 1.63. The van der Waals surface area contributed by atoms with Gasteiger partial charge in [0.15, 0.2) is 0 Å². The molecule has 71 heavy (non-hydrogen) atoms. The summed E-state index contributed by atoms with van der Waals surface area (Å²) >= 11 is 0. The number of aromatic nitrogens is 2. The van der Waals surface area contributed by atoms with Crippen molar-refractivity contribution in [3.05, 3.63) is 263 Å². The fourth-order valence-corrected chi connectivity index (χ4v) is 9.78. The molecule has 0 radical (unpaired) electrons. The molecule has 1 fully saturated rings. The van der Waals surface area contributed by atoms with E-state index in [1.165, 1.54) is 10.5 Å². The molecule has 358 valence electrons. The molecule has 1 aliphatic rings. The van der Waals surface area contributed by atoms with Gasteiger partial charge >= 0.3 is 6.09 Å². The highest BCUT2D eigenvalue weighted by molar-refractivity contribution is 5.91. The second kappa shape index (κ2) is 22.5. The Balaban J connectivity index is 1.03. The van der Waals surface area contributed by atoms with Crippen LogP contribution >= 0.6 is 0 Å². The summed E-state index contributed by atoms with van der Waals surface area (Å²) in [5.41, 5.74) is 6.41. The van der Waals surface area contributed by atoms with E-state index in [9.17, 15) is 9.59 Å². The van der Waals surface area contributed by atoms with Gasteiger partial charge in [0.25, 0.3) is 0 Å². The highest BCUT2D eigenvalue weighted by Gasteiger charge is 2.41. The van der Waals surface area contributed by atoms with Gasteiger partial charge in [0, 0.05) is 38.0 Å². The summed E-state index contributed by atoms with van der Waals surface area (Å²) in [6.07, 6.45) is 6.14. The van der Waals surface area contributed by atoms with Crippen LogP contribution in [0.4, 0.5) is 4.79 Å². The van der Waals surface area contributed by atoms with Crippen molar-refractivity contribution in [2.24, 2.45) is 0 Å². The summed E-state index contributed by atoms with van der Waals surface area (Å²) in [6, 6.07) is 65.9. The van der Waals surface area contributed by atoms with Crippen molar-refractivity contribution >= 4 is 17.9 Å². The minimum absolute atomic E-state index is 0.00394. The SMILES string of the molecule is CN(C(=O)C(Cc1cn(C(c2ccccc2)(c2ccccc2)c2ccccc2)cn1)NC(=O)OCc1ccccc1)C(Cc1ccc(OCc2ccccc2)cc1)C(=O)NCC1(c2ccccc2)CCC1. The summed E-state index contributed by atoms with van der Waals surface area (Å²) < 4.78 is 13.9. The number of ether oxygens (including phenoxy) is 2. The topological polar surface area (TPSA) is 115 Å². The van der Waals surface area contributed by atoms with Crippen molar-refractivity contribution in [2.45, 2.75) is 68.4 Å². The van der Waals surface area contributed by atoms with Gasteiger partial charge in [-0.05, 0) is 63.9 Å². The summed E-state index contributed by atoms with van der Waals surface area (Å²) in [4.78, 5) is 50.2. The number of alkyl carbamates (subject to hydrolysis) is 1. The Labute approximate surface area is 416 Å². The first-order valence-corrected chi connectivity index (χ1v) is 24.3. The Morgan fingerprint density at radius 3 is 1.66 bits per heavy atom. The average Bonchev–Trinajstić information content (AvgIpc) is 3.89. The Hall–Kier alpha value is -8.24. The van der Waals surface area contributed by atoms with Gasteiger partial charge in [-0.3, -0.25) is 9.59 Å². The maximum absolute atomic E-state index is 15.2. The minimum atomic E-state index is -1.17. The first-order chi connectivity index (χ1) is 34.8. The number of amides is 3. The molecule has 2 unspecified atom stereocenters. The van der Waals surface area contributed by atoms with Crippen LogP contribution in [0.2, 0.25) is 0 Å². The van der Waals surface area contributed by atoms with Crippen LogP contribution in [-0.4, -0.2) is 58.0 Å². The van der Waals surface area contributed by atoms with E-state index in [4.69, 9.17) is 14.5 Å². The van der Waals surface area contributed by atoms with Gasteiger partial charge in [-0.15, -0.1) is 0 Å². The molecule has 1 aliphatic carbocycles. The Morgan fingerprint density at radius 2 is 1.14 bits per heavy atom. The molecule has 9 rings (SSSR count). The van der Waals surface area contributed by atoms with Crippen molar-refractivity contribution in [1.82, 2.24) is 25.1 Å². The van der Waals surface area contributed by atoms with Crippen molar-refractivity contribution in [3.8, 4) is 5.75 Å². The number of nitrogens with one attached hydrogen (secondary N) is 2. The van der Waals surface area contributed by atoms with E-state index in [1.54, 1.807) is 13.4 Å². The number of carbonyl (C=O) groups excluding carboxylic acids is 3. The number of hydrogen-bond acceptors (Lipinski definition) is 6. The summed E-state index contributed by atoms with van der Waals surface area (Å²) in [6.45, 7) is 0.848. The maximum atomic E-state index is 15.2. The second-order valence-electron chi connectivity index (χ2n) is 18.3. The lowest BCUT2D eigenvalue weighted by atomic mass is 9.64. The van der Waals surface area contributed by atoms with Gasteiger partial charge in [-0.1, -0.05) is 201 Å². The predicted molar refractivity (Wildman–Crippen MR) is 277 cm³/mol. The number of hydrogen-bond donors (Lipinski definition) is 2. The molecular weight excluding hydrogens is 883 g/mol. The second-order valence-corrected chi connectivity index (χ2v) is 18.3. The molecule has 0 bridgehead atoms. The van der Waals surface area contributed by atoms with E-state index in [-0.39, 0.29) is 30.8 Å². The van der Waals surface area contributed by atoms with Gasteiger partial charge in [-0.25, -0.2) is 9.78 Å². The number of carbonyl (C=O) groups is 3. The third kappa shape index (κ3) is 11.1. The third-order valence-electron chi connectivity index (χ3n) is 13.8. The molecule has 0 saturated heterocycles. The summed E-state index contributed by atoms with van der Waals surface area (Å²) in [5.74, 6) is -0.0760. The van der Waals surface area contributed by atoms with Crippen LogP contribution in [0.15, 0.2) is 219 Å². The predicted octanol–water partition coefficient (Wildman–Crippen LogP) is 10.4. The zero-order valence-electron chi connectivity index (χ0n) is 40.0. The van der Waals surface area contributed by atoms with Crippen LogP contribution in [-0.2, 0) is 51.3 Å². The van der Waals surface area contributed by atoms with Crippen LogP contribution in [0, 0.1) is 0 Å². The molecule has 2 N–H and O–H groups in total. The Kier molecular flexibility index (Phi) is 15.1. The standard InChI is InChI=1S/C61H59N5O5/c1-65(56(57(67)62-44-60(37-20-38-60)49-25-12-4-13-26-49)39-46-33-35-54(36-34-46)70-42-47-21-8-2-9-22-47)58(68)55(64-59(69)71-43-48-23-10-3-11-24-48)40-53-41-66(45-63-53)61(50-27-14-5-15-28-50,51-29-16-6-17-30-51)52-31-18-7-19-32-52/h2-19,21-36,41,45,55-56H,20,37-40,42-44H2,1H3,(H,62,67)(H,64,69). The van der Waals surface area contributed by atoms with Gasteiger partial charge in [-0.2, -0.15) is 0 Å². The number of rotatable bonds is 20. The molecule has 10 nitrogen and oxygen atoms in total. The number of imidazole rings is 1. The van der Waals surface area contributed by atoms with E-state index in [0.717, 1.165) is 52.6 Å². The highest BCUT2D eigenvalue weighted by atomic mass is 16.5. The molecule has 0 spiro atoms. The molecule has 10 heteroatoms. The van der Waals surface area contributed by atoms with Gasteiger partial charge < -0.3 is 29.6 Å². The lowest BCUT2D eigenvalue weighted by Gasteiger charge is -2.43. The van der Waals surface area contributed by atoms with Crippen molar-refractivity contribution in [1.29, 1.82) is 0 Å². The van der Waals surface area contributed by atoms with Gasteiger partial charge in [0.05, 0.1) is 12.0 Å². The van der Waals surface area contributed by atoms with Crippen LogP contribution in [0.3, 0.4) is 0 Å². The van der Waals surface area contributed by atoms with E-state index in [2.05, 4.69) is 63.7 Å². The molecule has 2 atom stereocenters. The molecule has 1 saturated carbocycles. The maximum Gasteiger partial charge on any atom is 0.408 e. The van der Waals surface area contributed by atoms with Crippen LogP contribution in [0.5, 0.6) is 5.75 Å². The van der Waals surface area contributed by atoms with Crippen molar-refractivity contribution in [3.63, 3.8) is 0 Å². The molecule has 3 amide bonds. The van der Waals surface area contributed by atoms with Gasteiger partial charge in [0.1, 0.15) is 36.6 Å². The molecule has 1 heterocycles. The van der Waals surface area contributed by atoms with E-state index in [1.807, 2.05) is 164 Å². The number of benzene rings is 7. The zero-order chi connectivity index (χ0) is 48.9. The smallest absolute Gasteiger partial charge is 0.408 e. The van der Waals surface area contributed by atoms with Crippen LogP contribution in [0.1, 0.15) is 63.9 Å². The highest BCUT2D eigenvalue weighted by Crippen LogP contribution is 2.43. The fourth-order valence-electron chi connectivity index (χ4n) is 9.78.